The summed E-state index contributed by atoms with van der Waals surface area (Å²) in [4.78, 5) is 11.7. The molecule has 0 bridgehead atoms. The fourth-order valence-electron chi connectivity index (χ4n) is 1.89. The number of benzene rings is 2. The first kappa shape index (κ1) is 14.9. The Morgan fingerprint density at radius 3 is 2.10 bits per heavy atom. The number of carbonyl (C=O) groups is 1. The second kappa shape index (κ2) is 7.33. The average molecular weight is 284 g/mol. The fraction of sp³-hybridized carbons (Fsp3) is 0.235. The number of aryl methyl sites for hydroxylation is 1. The topological polar surface area (TPSA) is 50.4 Å². The van der Waals surface area contributed by atoms with Crippen molar-refractivity contribution >= 4 is 17.5 Å². The van der Waals surface area contributed by atoms with E-state index in [1.54, 1.807) is 0 Å². The smallest absolute Gasteiger partial charge is 0.411 e. The maximum Gasteiger partial charge on any atom is 0.411 e. The largest absolute Gasteiger partial charge is 0.444 e. The number of amides is 1. The average Bonchev–Trinajstić information content (AvgIpc) is 2.54. The maximum atomic E-state index is 11.7. The molecule has 0 spiro atoms. The monoisotopic (exact) mass is 284 g/mol. The summed E-state index contributed by atoms with van der Waals surface area (Å²) in [7, 11) is 1.86. The van der Waals surface area contributed by atoms with Gasteiger partial charge in [0.1, 0.15) is 6.61 Å². The number of nitrogens with one attached hydrogen (secondary N) is 2. The molecule has 21 heavy (non-hydrogen) atoms. The Balaban J connectivity index is 1.83. The third-order valence-electron chi connectivity index (χ3n) is 3.22. The summed E-state index contributed by atoms with van der Waals surface area (Å²) >= 11 is 0. The van der Waals surface area contributed by atoms with E-state index in [1.165, 1.54) is 5.56 Å². The molecular formula is C17H20N2O2. The summed E-state index contributed by atoms with van der Waals surface area (Å²) in [5.74, 6) is 0. The lowest BCUT2D eigenvalue weighted by Crippen LogP contribution is -2.13. The zero-order valence-corrected chi connectivity index (χ0v) is 12.3. The Hall–Kier alpha value is -2.49. The number of carbonyl (C=O) groups excluding carboxylic acids is 1. The third-order valence-corrected chi connectivity index (χ3v) is 3.22. The minimum Gasteiger partial charge on any atom is -0.444 e. The fourth-order valence-corrected chi connectivity index (χ4v) is 1.89. The van der Waals surface area contributed by atoms with E-state index in [2.05, 4.69) is 17.6 Å². The SMILES string of the molecule is CCc1ccc(NC(=O)OCc2ccc(NC)cc2)cc1. The molecule has 4 nitrogen and oxygen atoms in total. The minimum atomic E-state index is -0.447. The summed E-state index contributed by atoms with van der Waals surface area (Å²) in [6, 6.07) is 15.5. The van der Waals surface area contributed by atoms with E-state index < -0.39 is 6.09 Å². The number of hydrogen-bond donors (Lipinski definition) is 2. The molecule has 0 aliphatic carbocycles. The van der Waals surface area contributed by atoms with Gasteiger partial charge in [0.15, 0.2) is 0 Å². The summed E-state index contributed by atoms with van der Waals surface area (Å²) in [5.41, 5.74) is 3.95. The Kier molecular flexibility index (Phi) is 5.21. The third kappa shape index (κ3) is 4.53. The molecule has 0 radical (unpaired) electrons. The van der Waals surface area contributed by atoms with Gasteiger partial charge in [0, 0.05) is 18.4 Å². The molecule has 2 aromatic rings. The number of ether oxygens (including phenoxy) is 1. The van der Waals surface area contributed by atoms with Gasteiger partial charge in [-0.1, -0.05) is 31.2 Å². The van der Waals surface area contributed by atoms with Crippen LogP contribution in [0.25, 0.3) is 0 Å². The van der Waals surface area contributed by atoms with E-state index in [9.17, 15) is 4.79 Å². The van der Waals surface area contributed by atoms with Crippen molar-refractivity contribution in [2.24, 2.45) is 0 Å². The van der Waals surface area contributed by atoms with Gasteiger partial charge in [-0.05, 0) is 41.8 Å². The van der Waals surface area contributed by atoms with Crippen molar-refractivity contribution in [1.82, 2.24) is 0 Å². The van der Waals surface area contributed by atoms with Crippen molar-refractivity contribution < 1.29 is 9.53 Å². The normalized spacial score (nSPS) is 10.0. The second-order valence-electron chi connectivity index (χ2n) is 4.70. The molecule has 1 amide bonds. The highest BCUT2D eigenvalue weighted by molar-refractivity contribution is 5.84. The van der Waals surface area contributed by atoms with Crippen molar-refractivity contribution in [2.45, 2.75) is 20.0 Å². The van der Waals surface area contributed by atoms with E-state index in [-0.39, 0.29) is 6.61 Å². The van der Waals surface area contributed by atoms with Gasteiger partial charge in [-0.3, -0.25) is 5.32 Å². The summed E-state index contributed by atoms with van der Waals surface area (Å²) < 4.78 is 5.19. The van der Waals surface area contributed by atoms with Gasteiger partial charge in [-0.15, -0.1) is 0 Å². The molecule has 2 rings (SSSR count). The van der Waals surface area contributed by atoms with Crippen LogP contribution in [0.5, 0.6) is 0 Å². The van der Waals surface area contributed by atoms with Crippen LogP contribution in [0.1, 0.15) is 18.1 Å². The molecule has 0 aliphatic heterocycles. The molecule has 2 N–H and O–H groups in total. The van der Waals surface area contributed by atoms with Crippen LogP contribution in [0.4, 0.5) is 16.2 Å². The minimum absolute atomic E-state index is 0.253. The van der Waals surface area contributed by atoms with Gasteiger partial charge in [-0.25, -0.2) is 4.79 Å². The molecule has 0 fully saturated rings. The van der Waals surface area contributed by atoms with E-state index in [1.807, 2.05) is 55.6 Å². The number of hydrogen-bond acceptors (Lipinski definition) is 3. The Labute approximate surface area is 125 Å². The van der Waals surface area contributed by atoms with E-state index >= 15 is 0 Å². The highest BCUT2D eigenvalue weighted by atomic mass is 16.5. The van der Waals surface area contributed by atoms with Gasteiger partial charge in [0.25, 0.3) is 0 Å². The predicted molar refractivity (Wildman–Crippen MR) is 85.6 cm³/mol. The van der Waals surface area contributed by atoms with Crippen LogP contribution >= 0.6 is 0 Å². The van der Waals surface area contributed by atoms with Gasteiger partial charge in [-0.2, -0.15) is 0 Å². The standard InChI is InChI=1S/C17H20N2O2/c1-3-13-4-10-16(11-5-13)19-17(20)21-12-14-6-8-15(18-2)9-7-14/h4-11,18H,3,12H2,1-2H3,(H,19,20). The molecular weight excluding hydrogens is 264 g/mol. The molecule has 0 unspecified atom stereocenters. The van der Waals surface area contributed by atoms with Gasteiger partial charge in [0.05, 0.1) is 0 Å². The lowest BCUT2D eigenvalue weighted by atomic mass is 10.1. The number of anilines is 2. The molecule has 0 saturated carbocycles. The van der Waals surface area contributed by atoms with Crippen LogP contribution < -0.4 is 10.6 Å². The predicted octanol–water partition coefficient (Wildman–Crippen LogP) is 4.04. The summed E-state index contributed by atoms with van der Waals surface area (Å²) in [6.07, 6.45) is 0.532. The summed E-state index contributed by atoms with van der Waals surface area (Å²) in [5, 5.41) is 5.75. The Morgan fingerprint density at radius 1 is 0.952 bits per heavy atom. The van der Waals surface area contributed by atoms with E-state index in [4.69, 9.17) is 4.74 Å². The van der Waals surface area contributed by atoms with Crippen molar-refractivity contribution in [3.05, 3.63) is 59.7 Å². The van der Waals surface area contributed by atoms with Crippen LogP contribution in [-0.4, -0.2) is 13.1 Å². The lowest BCUT2D eigenvalue weighted by Gasteiger charge is -2.08. The molecule has 0 aliphatic rings. The lowest BCUT2D eigenvalue weighted by molar-refractivity contribution is 0.155. The molecule has 0 saturated heterocycles. The van der Waals surface area contributed by atoms with E-state index in [0.717, 1.165) is 23.4 Å². The molecule has 0 aromatic heterocycles. The zero-order chi connectivity index (χ0) is 15.1. The summed E-state index contributed by atoms with van der Waals surface area (Å²) in [6.45, 7) is 2.35. The zero-order valence-electron chi connectivity index (χ0n) is 12.3. The highest BCUT2D eigenvalue weighted by Gasteiger charge is 2.04. The first-order valence-electron chi connectivity index (χ1n) is 7.00. The van der Waals surface area contributed by atoms with Crippen molar-refractivity contribution in [3.8, 4) is 0 Å². The van der Waals surface area contributed by atoms with Crippen LogP contribution in [0.3, 0.4) is 0 Å². The Morgan fingerprint density at radius 2 is 1.52 bits per heavy atom. The van der Waals surface area contributed by atoms with Gasteiger partial charge in [0.2, 0.25) is 0 Å². The van der Waals surface area contributed by atoms with Gasteiger partial charge < -0.3 is 10.1 Å². The molecule has 4 heteroatoms. The van der Waals surface area contributed by atoms with Crippen LogP contribution in [0.15, 0.2) is 48.5 Å². The van der Waals surface area contributed by atoms with Crippen LogP contribution in [-0.2, 0) is 17.8 Å². The molecule has 0 atom stereocenters. The van der Waals surface area contributed by atoms with Crippen molar-refractivity contribution in [2.75, 3.05) is 17.7 Å². The Bertz CT molecular complexity index is 577. The second-order valence-corrected chi connectivity index (χ2v) is 4.70. The molecule has 2 aromatic carbocycles. The van der Waals surface area contributed by atoms with Crippen LogP contribution in [0.2, 0.25) is 0 Å². The molecule has 0 heterocycles. The van der Waals surface area contributed by atoms with Crippen molar-refractivity contribution in [1.29, 1.82) is 0 Å². The van der Waals surface area contributed by atoms with Crippen molar-refractivity contribution in [3.63, 3.8) is 0 Å². The first-order valence-corrected chi connectivity index (χ1v) is 7.00. The van der Waals surface area contributed by atoms with Crippen LogP contribution in [0, 0.1) is 0 Å². The maximum absolute atomic E-state index is 11.7. The molecule has 110 valence electrons. The van der Waals surface area contributed by atoms with Gasteiger partial charge >= 0.3 is 6.09 Å². The van der Waals surface area contributed by atoms with E-state index in [0.29, 0.717) is 0 Å². The number of rotatable bonds is 5. The quantitative estimate of drug-likeness (QED) is 0.871. The first-order chi connectivity index (χ1) is 10.2. The highest BCUT2D eigenvalue weighted by Crippen LogP contribution is 2.12.